The molecule has 15 heavy (non-hydrogen) atoms. The van der Waals surface area contributed by atoms with E-state index in [4.69, 9.17) is 0 Å². The number of hydrogen-bond acceptors (Lipinski definition) is 2. The number of nitrogens with zero attached hydrogens (tertiary/aromatic N) is 1. The van der Waals surface area contributed by atoms with Crippen LogP contribution in [0.4, 0.5) is 5.69 Å². The molecular formula is C11H9BrN2O. The molecule has 1 aromatic carbocycles. The van der Waals surface area contributed by atoms with Crippen molar-refractivity contribution in [3.8, 4) is 5.75 Å². The summed E-state index contributed by atoms with van der Waals surface area (Å²) in [6.07, 6.45) is 3.49. The quantitative estimate of drug-likeness (QED) is 0.804. The predicted molar refractivity (Wildman–Crippen MR) is 63.9 cm³/mol. The molecule has 3 nitrogen and oxygen atoms in total. The van der Waals surface area contributed by atoms with Gasteiger partial charge in [0.2, 0.25) is 0 Å². The normalized spacial score (nSPS) is 11.0. The van der Waals surface area contributed by atoms with Gasteiger partial charge in [0.15, 0.2) is 0 Å². The van der Waals surface area contributed by atoms with Gasteiger partial charge in [0.25, 0.3) is 0 Å². The molecule has 76 valence electrons. The van der Waals surface area contributed by atoms with E-state index in [1.54, 1.807) is 18.3 Å². The molecule has 0 fully saturated rings. The number of aromatic hydroxyl groups is 1. The molecule has 4 heteroatoms. The Bertz CT molecular complexity index is 477. The molecule has 2 rings (SSSR count). The van der Waals surface area contributed by atoms with Crippen LogP contribution in [-0.2, 0) is 0 Å². The molecule has 0 bridgehead atoms. The molecule has 2 aromatic rings. The highest BCUT2D eigenvalue weighted by molar-refractivity contribution is 9.10. The molecule has 0 aliphatic heterocycles. The van der Waals surface area contributed by atoms with Crippen molar-refractivity contribution in [1.29, 1.82) is 0 Å². The highest BCUT2D eigenvalue weighted by Crippen LogP contribution is 2.29. The Balaban J connectivity index is 2.24. The van der Waals surface area contributed by atoms with Gasteiger partial charge in [-0.15, -0.1) is 0 Å². The number of benzene rings is 1. The van der Waals surface area contributed by atoms with Gasteiger partial charge in [0.1, 0.15) is 11.4 Å². The summed E-state index contributed by atoms with van der Waals surface area (Å²) in [4.78, 5) is 7.16. The molecule has 0 unspecified atom stereocenters. The fourth-order valence-electron chi connectivity index (χ4n) is 1.17. The van der Waals surface area contributed by atoms with Crippen molar-refractivity contribution in [2.24, 2.45) is 4.99 Å². The Morgan fingerprint density at radius 2 is 2.20 bits per heavy atom. The number of H-pyrrole nitrogens is 1. The molecule has 0 saturated heterocycles. The lowest BCUT2D eigenvalue weighted by Gasteiger charge is -1.98. The van der Waals surface area contributed by atoms with Crippen LogP contribution in [-0.4, -0.2) is 16.3 Å². The van der Waals surface area contributed by atoms with Gasteiger partial charge in [-0.05, 0) is 30.3 Å². The maximum Gasteiger partial charge on any atom is 0.142 e. The molecular weight excluding hydrogens is 256 g/mol. The highest BCUT2D eigenvalue weighted by Gasteiger charge is 1.98. The fourth-order valence-corrected chi connectivity index (χ4v) is 1.52. The summed E-state index contributed by atoms with van der Waals surface area (Å²) >= 11 is 3.27. The average Bonchev–Trinajstić information content (AvgIpc) is 2.69. The minimum absolute atomic E-state index is 0.159. The van der Waals surface area contributed by atoms with Gasteiger partial charge in [0.05, 0.1) is 11.9 Å². The zero-order valence-electron chi connectivity index (χ0n) is 7.81. The second kappa shape index (κ2) is 4.31. The Hall–Kier alpha value is -1.55. The van der Waals surface area contributed by atoms with Crippen LogP contribution in [0.1, 0.15) is 5.69 Å². The van der Waals surface area contributed by atoms with Crippen LogP contribution in [0.3, 0.4) is 0 Å². The molecule has 0 radical (unpaired) electrons. The second-order valence-electron chi connectivity index (χ2n) is 3.02. The third-order valence-corrected chi connectivity index (χ3v) is 2.40. The topological polar surface area (TPSA) is 48.4 Å². The van der Waals surface area contributed by atoms with Gasteiger partial charge < -0.3 is 10.1 Å². The van der Waals surface area contributed by atoms with Crippen molar-refractivity contribution in [1.82, 2.24) is 4.98 Å². The minimum atomic E-state index is 0.159. The number of rotatable bonds is 2. The minimum Gasteiger partial charge on any atom is -0.506 e. The summed E-state index contributed by atoms with van der Waals surface area (Å²) in [5.41, 5.74) is 1.45. The summed E-state index contributed by atoms with van der Waals surface area (Å²) in [6.45, 7) is 0. The van der Waals surface area contributed by atoms with Crippen LogP contribution in [0.2, 0.25) is 0 Å². The van der Waals surface area contributed by atoms with Crippen molar-refractivity contribution in [3.05, 3.63) is 46.7 Å². The zero-order valence-corrected chi connectivity index (χ0v) is 9.40. The number of phenols is 1. The van der Waals surface area contributed by atoms with Gasteiger partial charge in [-0.25, -0.2) is 0 Å². The van der Waals surface area contributed by atoms with Crippen LogP contribution in [0, 0.1) is 0 Å². The first-order chi connectivity index (χ1) is 7.25. The largest absolute Gasteiger partial charge is 0.506 e. The van der Waals surface area contributed by atoms with Crippen molar-refractivity contribution in [2.75, 3.05) is 0 Å². The molecule has 0 aliphatic carbocycles. The lowest BCUT2D eigenvalue weighted by Crippen LogP contribution is -1.78. The Morgan fingerprint density at radius 3 is 2.87 bits per heavy atom. The highest BCUT2D eigenvalue weighted by atomic mass is 79.9. The first-order valence-corrected chi connectivity index (χ1v) is 5.21. The summed E-state index contributed by atoms with van der Waals surface area (Å²) in [5.74, 6) is 0.159. The monoisotopic (exact) mass is 264 g/mol. The van der Waals surface area contributed by atoms with E-state index >= 15 is 0 Å². The van der Waals surface area contributed by atoms with Crippen LogP contribution in [0.5, 0.6) is 5.75 Å². The maximum atomic E-state index is 9.57. The smallest absolute Gasteiger partial charge is 0.142 e. The Morgan fingerprint density at radius 1 is 1.33 bits per heavy atom. The van der Waals surface area contributed by atoms with Crippen molar-refractivity contribution < 1.29 is 5.11 Å². The lowest BCUT2D eigenvalue weighted by atomic mass is 10.3. The van der Waals surface area contributed by atoms with Gasteiger partial charge in [0, 0.05) is 10.7 Å². The molecule has 0 spiro atoms. The number of phenolic OH excluding ortho intramolecular Hbond substituents is 1. The lowest BCUT2D eigenvalue weighted by molar-refractivity contribution is 0.476. The van der Waals surface area contributed by atoms with Crippen LogP contribution in [0.25, 0.3) is 0 Å². The standard InChI is InChI=1S/C11H9BrN2O/c12-8-3-4-10(11(15)6-8)14-7-9-2-1-5-13-9/h1-7,13,15H. The molecule has 0 amide bonds. The van der Waals surface area contributed by atoms with E-state index < -0.39 is 0 Å². The van der Waals surface area contributed by atoms with E-state index in [2.05, 4.69) is 25.9 Å². The van der Waals surface area contributed by atoms with E-state index in [0.29, 0.717) is 5.69 Å². The number of aromatic nitrogens is 1. The molecule has 1 heterocycles. The molecule has 0 saturated carbocycles. The van der Waals surface area contributed by atoms with Crippen LogP contribution < -0.4 is 0 Å². The van der Waals surface area contributed by atoms with E-state index in [9.17, 15) is 5.11 Å². The fraction of sp³-hybridized carbons (Fsp3) is 0. The van der Waals surface area contributed by atoms with E-state index in [-0.39, 0.29) is 5.75 Å². The third-order valence-electron chi connectivity index (χ3n) is 1.90. The molecule has 2 N–H and O–H groups in total. The van der Waals surface area contributed by atoms with Crippen molar-refractivity contribution in [2.45, 2.75) is 0 Å². The predicted octanol–water partition coefficient (Wildman–Crippen LogP) is 3.23. The molecule has 1 aromatic heterocycles. The van der Waals surface area contributed by atoms with Crippen molar-refractivity contribution in [3.63, 3.8) is 0 Å². The van der Waals surface area contributed by atoms with Gasteiger partial charge in [-0.1, -0.05) is 15.9 Å². The van der Waals surface area contributed by atoms with Gasteiger partial charge in [-0.2, -0.15) is 0 Å². The van der Waals surface area contributed by atoms with E-state index in [0.717, 1.165) is 10.2 Å². The summed E-state index contributed by atoms with van der Waals surface area (Å²) < 4.78 is 0.832. The van der Waals surface area contributed by atoms with E-state index in [1.165, 1.54) is 0 Å². The summed E-state index contributed by atoms with van der Waals surface area (Å²) in [6, 6.07) is 8.99. The molecule has 0 atom stereocenters. The zero-order chi connectivity index (χ0) is 10.7. The number of nitrogens with one attached hydrogen (secondary N) is 1. The van der Waals surface area contributed by atoms with Crippen molar-refractivity contribution >= 4 is 27.8 Å². The maximum absolute atomic E-state index is 9.57. The first kappa shape index (κ1) is 9.98. The van der Waals surface area contributed by atoms with Gasteiger partial charge >= 0.3 is 0 Å². The second-order valence-corrected chi connectivity index (χ2v) is 3.93. The van der Waals surface area contributed by atoms with Crippen LogP contribution >= 0.6 is 15.9 Å². The van der Waals surface area contributed by atoms with Crippen LogP contribution in [0.15, 0.2) is 46.0 Å². The Labute approximate surface area is 95.6 Å². The SMILES string of the molecule is Oc1cc(Br)ccc1N=Cc1ccc[nH]1. The Kier molecular flexibility index (Phi) is 2.87. The average molecular weight is 265 g/mol. The summed E-state index contributed by atoms with van der Waals surface area (Å²) in [7, 11) is 0. The first-order valence-electron chi connectivity index (χ1n) is 4.42. The number of halogens is 1. The number of aliphatic imine (C=N–C) groups is 1. The molecule has 0 aliphatic rings. The number of aromatic amines is 1. The van der Waals surface area contributed by atoms with Gasteiger partial charge in [-0.3, -0.25) is 4.99 Å². The van der Waals surface area contributed by atoms with E-state index in [1.807, 2.05) is 24.4 Å². The summed E-state index contributed by atoms with van der Waals surface area (Å²) in [5, 5.41) is 9.57. The third kappa shape index (κ3) is 2.47. The number of hydrogen-bond donors (Lipinski definition) is 2.